The van der Waals surface area contributed by atoms with Crippen molar-refractivity contribution in [3.63, 3.8) is 0 Å². The van der Waals surface area contributed by atoms with Crippen molar-refractivity contribution in [2.75, 3.05) is 45.2 Å². The third-order valence-electron chi connectivity index (χ3n) is 9.29. The van der Waals surface area contributed by atoms with Crippen LogP contribution in [0.25, 0.3) is 21.9 Å². The van der Waals surface area contributed by atoms with Gasteiger partial charge in [0.1, 0.15) is 11.6 Å². The van der Waals surface area contributed by atoms with Gasteiger partial charge in [0.2, 0.25) is 5.91 Å². The van der Waals surface area contributed by atoms with E-state index in [0.29, 0.717) is 32.0 Å². The van der Waals surface area contributed by atoms with Gasteiger partial charge in [0.15, 0.2) is 0 Å². The molecule has 2 N–H and O–H groups in total. The molecule has 1 unspecified atom stereocenters. The predicted molar refractivity (Wildman–Crippen MR) is 176 cm³/mol. The Labute approximate surface area is 263 Å². The van der Waals surface area contributed by atoms with Gasteiger partial charge in [0, 0.05) is 55.4 Å². The number of rotatable bonds is 7. The van der Waals surface area contributed by atoms with E-state index in [1.807, 2.05) is 81.3 Å². The van der Waals surface area contributed by atoms with Crippen LogP contribution in [0, 0.1) is 5.92 Å². The van der Waals surface area contributed by atoms with Crippen LogP contribution in [-0.4, -0.2) is 88.0 Å². The van der Waals surface area contributed by atoms with Gasteiger partial charge in [-0.2, -0.15) is 0 Å². The van der Waals surface area contributed by atoms with Gasteiger partial charge in [-0.15, -0.1) is 5.10 Å². The molecule has 10 heteroatoms. The summed E-state index contributed by atoms with van der Waals surface area (Å²) in [5.41, 5.74) is 6.03. The molecule has 1 fully saturated rings. The second-order valence-corrected chi connectivity index (χ2v) is 12.7. The van der Waals surface area contributed by atoms with E-state index in [2.05, 4.69) is 51.7 Å². The Morgan fingerprint density at radius 3 is 2.60 bits per heavy atom. The lowest BCUT2D eigenvalue weighted by molar-refractivity contribution is -0.120. The zero-order valence-corrected chi connectivity index (χ0v) is 25.9. The lowest BCUT2D eigenvalue weighted by Crippen LogP contribution is -2.56. The minimum absolute atomic E-state index is 0.0755. The highest BCUT2D eigenvalue weighted by Gasteiger charge is 2.35. The van der Waals surface area contributed by atoms with Gasteiger partial charge < -0.3 is 25.0 Å². The standard InChI is InChI=1S/C35H40N8O2/c1-40(2)22-24-19-25-9-3-7-13-32(25)42(23-24)34(44)31(20-26-21-36-29-11-5-4-10-28(26)29)37-35(45)41-17-15-27(16-18-41)43-33-14-8-6-12-30(33)38-39-43/h3-14,21,24,27,31,36H,15-20,22-23H2,1-2H3,(H,37,45)/t24-,31?/m0/s1. The summed E-state index contributed by atoms with van der Waals surface area (Å²) in [6, 6.07) is 23.5. The molecule has 0 bridgehead atoms. The number of aromatic amines is 1. The third kappa shape index (κ3) is 5.90. The molecule has 3 amide bonds. The van der Waals surface area contributed by atoms with Gasteiger partial charge in [-0.3, -0.25) is 4.79 Å². The average molecular weight is 605 g/mol. The highest BCUT2D eigenvalue weighted by Crippen LogP contribution is 2.31. The number of H-pyrrole nitrogens is 1. The third-order valence-corrected chi connectivity index (χ3v) is 9.29. The maximum absolute atomic E-state index is 14.6. The molecule has 232 valence electrons. The highest BCUT2D eigenvalue weighted by atomic mass is 16.2. The van der Waals surface area contributed by atoms with Crippen LogP contribution in [0.1, 0.15) is 30.0 Å². The fourth-order valence-corrected chi connectivity index (χ4v) is 7.15. The molecule has 3 aromatic carbocycles. The number of piperidine rings is 1. The normalized spacial score (nSPS) is 18.0. The van der Waals surface area contributed by atoms with E-state index >= 15 is 0 Å². The largest absolute Gasteiger partial charge is 0.361 e. The Morgan fingerprint density at radius 1 is 1.00 bits per heavy atom. The minimum atomic E-state index is -0.722. The van der Waals surface area contributed by atoms with Crippen molar-refractivity contribution in [1.29, 1.82) is 0 Å². The molecule has 10 nitrogen and oxygen atoms in total. The smallest absolute Gasteiger partial charge is 0.318 e. The van der Waals surface area contributed by atoms with Crippen LogP contribution in [0.5, 0.6) is 0 Å². The second-order valence-electron chi connectivity index (χ2n) is 12.7. The summed E-state index contributed by atoms with van der Waals surface area (Å²) in [6.45, 7) is 2.66. The van der Waals surface area contributed by atoms with Crippen molar-refractivity contribution in [1.82, 2.24) is 35.1 Å². The van der Waals surface area contributed by atoms with E-state index in [4.69, 9.17) is 0 Å². The van der Waals surface area contributed by atoms with E-state index < -0.39 is 6.04 Å². The quantitative estimate of drug-likeness (QED) is 0.282. The Kier molecular flexibility index (Phi) is 7.97. The van der Waals surface area contributed by atoms with Crippen LogP contribution >= 0.6 is 0 Å². The van der Waals surface area contributed by atoms with Crippen molar-refractivity contribution in [3.05, 3.63) is 90.1 Å². The lowest BCUT2D eigenvalue weighted by Gasteiger charge is -2.38. The maximum atomic E-state index is 14.6. The second kappa shape index (κ2) is 12.4. The molecule has 2 aliphatic rings. The van der Waals surface area contributed by atoms with Crippen LogP contribution in [-0.2, 0) is 17.6 Å². The van der Waals surface area contributed by atoms with Crippen LogP contribution in [0.3, 0.4) is 0 Å². The molecule has 2 atom stereocenters. The molecule has 1 saturated heterocycles. The number of urea groups is 1. The number of amides is 3. The Morgan fingerprint density at radius 2 is 1.76 bits per heavy atom. The molecule has 0 saturated carbocycles. The number of aromatic nitrogens is 4. The summed E-state index contributed by atoms with van der Waals surface area (Å²) in [4.78, 5) is 37.7. The fourth-order valence-electron chi connectivity index (χ4n) is 7.15. The fraction of sp³-hybridized carbons (Fsp3) is 0.371. The number of hydrogen-bond donors (Lipinski definition) is 2. The first-order chi connectivity index (χ1) is 21.9. The van der Waals surface area contributed by atoms with Crippen molar-refractivity contribution in [2.45, 2.75) is 37.8 Å². The number of fused-ring (bicyclic) bond motifs is 3. The Hall–Kier alpha value is -4.70. The summed E-state index contributed by atoms with van der Waals surface area (Å²) in [5, 5.41) is 13.0. The highest BCUT2D eigenvalue weighted by molar-refractivity contribution is 6.00. The van der Waals surface area contributed by atoms with E-state index in [1.165, 1.54) is 5.56 Å². The monoisotopic (exact) mass is 604 g/mol. The van der Waals surface area contributed by atoms with Gasteiger partial charge >= 0.3 is 6.03 Å². The number of benzene rings is 3. The van der Waals surface area contributed by atoms with Crippen molar-refractivity contribution < 1.29 is 9.59 Å². The maximum Gasteiger partial charge on any atom is 0.318 e. The zero-order valence-electron chi connectivity index (χ0n) is 25.9. The average Bonchev–Trinajstić information content (AvgIpc) is 3.68. The first-order valence-electron chi connectivity index (χ1n) is 15.9. The minimum Gasteiger partial charge on any atom is -0.361 e. The molecule has 0 radical (unpaired) electrons. The Balaban J connectivity index is 1.12. The van der Waals surface area contributed by atoms with Gasteiger partial charge in [0.05, 0.1) is 11.6 Å². The number of likely N-dealkylation sites (tertiary alicyclic amines) is 1. The Bertz CT molecular complexity index is 1820. The van der Waals surface area contributed by atoms with E-state index in [0.717, 1.165) is 59.0 Å². The molecule has 0 aliphatic carbocycles. The van der Waals surface area contributed by atoms with Crippen LogP contribution in [0.2, 0.25) is 0 Å². The van der Waals surface area contributed by atoms with Crippen LogP contribution in [0.15, 0.2) is 79.0 Å². The first kappa shape index (κ1) is 29.0. The first-order valence-corrected chi connectivity index (χ1v) is 15.9. The lowest BCUT2D eigenvalue weighted by atomic mass is 9.91. The van der Waals surface area contributed by atoms with Crippen LogP contribution < -0.4 is 10.2 Å². The molecule has 5 aromatic rings. The van der Waals surface area contributed by atoms with Crippen molar-refractivity contribution in [2.24, 2.45) is 5.92 Å². The number of nitrogens with one attached hydrogen (secondary N) is 2. The van der Waals surface area contributed by atoms with Gasteiger partial charge in [-0.25, -0.2) is 9.48 Å². The summed E-state index contributed by atoms with van der Waals surface area (Å²) < 4.78 is 1.99. The van der Waals surface area contributed by atoms with Crippen molar-refractivity contribution >= 4 is 39.6 Å². The molecule has 45 heavy (non-hydrogen) atoms. The van der Waals surface area contributed by atoms with E-state index in [1.54, 1.807) is 0 Å². The summed E-state index contributed by atoms with van der Waals surface area (Å²) in [7, 11) is 4.14. The SMILES string of the molecule is CN(C)C[C@@H]1Cc2ccccc2N(C(=O)C(Cc2c[nH]c3ccccc23)NC(=O)N2CCC(n3nnc4ccccc43)CC2)C1. The van der Waals surface area contributed by atoms with E-state index in [9.17, 15) is 9.59 Å². The molecular weight excluding hydrogens is 564 g/mol. The molecular formula is C35H40N8O2. The van der Waals surface area contributed by atoms with Crippen LogP contribution in [0.4, 0.5) is 10.5 Å². The topological polar surface area (TPSA) is 102 Å². The van der Waals surface area contributed by atoms with Gasteiger partial charge in [0.25, 0.3) is 0 Å². The number of anilines is 1. The summed E-state index contributed by atoms with van der Waals surface area (Å²) in [5.74, 6) is 0.226. The number of para-hydroxylation sites is 3. The number of nitrogens with zero attached hydrogens (tertiary/aromatic N) is 6. The van der Waals surface area contributed by atoms with Gasteiger partial charge in [-0.1, -0.05) is 53.7 Å². The molecule has 0 spiro atoms. The molecule has 2 aromatic heterocycles. The molecule has 7 rings (SSSR count). The number of hydrogen-bond acceptors (Lipinski definition) is 5. The van der Waals surface area contributed by atoms with Crippen molar-refractivity contribution in [3.8, 4) is 0 Å². The molecule has 4 heterocycles. The van der Waals surface area contributed by atoms with Gasteiger partial charge in [-0.05, 0) is 74.7 Å². The van der Waals surface area contributed by atoms with E-state index in [-0.39, 0.29) is 18.0 Å². The molecule has 2 aliphatic heterocycles. The number of carbonyl (C=O) groups is 2. The predicted octanol–water partition coefficient (Wildman–Crippen LogP) is 4.64. The zero-order chi connectivity index (χ0) is 30.9. The number of carbonyl (C=O) groups excluding carboxylic acids is 2. The summed E-state index contributed by atoms with van der Waals surface area (Å²) in [6.07, 6.45) is 4.83. The summed E-state index contributed by atoms with van der Waals surface area (Å²) >= 11 is 0.